The molecule has 2 nitrogen and oxygen atoms in total. The van der Waals surface area contributed by atoms with Gasteiger partial charge in [0, 0.05) is 24.1 Å². The first-order valence-corrected chi connectivity index (χ1v) is 5.33. The molecule has 0 radical (unpaired) electrons. The van der Waals surface area contributed by atoms with Crippen LogP contribution in [0.2, 0.25) is 0 Å². The number of nitrogens with two attached hydrogens (primary N) is 1. The Hall–Kier alpha value is -1.96. The van der Waals surface area contributed by atoms with Crippen molar-refractivity contribution in [3.8, 4) is 0 Å². The fourth-order valence-electron chi connectivity index (χ4n) is 1.68. The number of benzene rings is 2. The molecule has 0 aliphatic carbocycles. The largest absolute Gasteiger partial charge is 0.399 e. The molecule has 82 valence electrons. The Morgan fingerprint density at radius 3 is 2.25 bits per heavy atom. The lowest BCUT2D eigenvalue weighted by Crippen LogP contribution is -2.09. The summed E-state index contributed by atoms with van der Waals surface area (Å²) in [4.78, 5) is 2.15. The minimum absolute atomic E-state index is 0.793. The molecular formula is C14H16N2. The summed E-state index contributed by atoms with van der Waals surface area (Å²) in [6, 6.07) is 16.3. The molecule has 0 saturated heterocycles. The van der Waals surface area contributed by atoms with Crippen molar-refractivity contribution < 1.29 is 0 Å². The van der Waals surface area contributed by atoms with Crippen LogP contribution in [0.3, 0.4) is 0 Å². The molecule has 0 saturated carbocycles. The lowest BCUT2D eigenvalue weighted by molar-refractivity contribution is 1.20. The average Bonchev–Trinajstić information content (AvgIpc) is 2.29. The summed E-state index contributed by atoms with van der Waals surface area (Å²) < 4.78 is 0. The third kappa shape index (κ3) is 2.16. The van der Waals surface area contributed by atoms with E-state index in [4.69, 9.17) is 5.73 Å². The summed E-state index contributed by atoms with van der Waals surface area (Å²) >= 11 is 0. The van der Waals surface area contributed by atoms with Crippen molar-refractivity contribution in [3.05, 3.63) is 54.1 Å². The Kier molecular flexibility index (Phi) is 2.82. The average molecular weight is 212 g/mol. The van der Waals surface area contributed by atoms with E-state index in [1.165, 1.54) is 11.3 Å². The molecule has 0 aromatic heterocycles. The van der Waals surface area contributed by atoms with Gasteiger partial charge < -0.3 is 10.6 Å². The number of nitrogen functional groups attached to an aromatic ring is 1. The number of hydrogen-bond donors (Lipinski definition) is 1. The van der Waals surface area contributed by atoms with Gasteiger partial charge in [-0.15, -0.1) is 0 Å². The van der Waals surface area contributed by atoms with Crippen molar-refractivity contribution in [2.45, 2.75) is 6.92 Å². The van der Waals surface area contributed by atoms with Gasteiger partial charge in [0.05, 0.1) is 0 Å². The van der Waals surface area contributed by atoms with Crippen molar-refractivity contribution >= 4 is 17.1 Å². The van der Waals surface area contributed by atoms with E-state index >= 15 is 0 Å². The second kappa shape index (κ2) is 4.27. The molecule has 0 aliphatic heterocycles. The van der Waals surface area contributed by atoms with E-state index in [0.29, 0.717) is 0 Å². The number of aryl methyl sites for hydroxylation is 1. The van der Waals surface area contributed by atoms with Crippen molar-refractivity contribution in [1.82, 2.24) is 0 Å². The zero-order valence-electron chi connectivity index (χ0n) is 9.64. The van der Waals surface area contributed by atoms with Crippen molar-refractivity contribution in [2.75, 3.05) is 17.7 Å². The van der Waals surface area contributed by atoms with Gasteiger partial charge in [-0.1, -0.05) is 12.1 Å². The Morgan fingerprint density at radius 2 is 1.62 bits per heavy atom. The summed E-state index contributed by atoms with van der Waals surface area (Å²) in [7, 11) is 2.06. The second-order valence-corrected chi connectivity index (χ2v) is 3.99. The van der Waals surface area contributed by atoms with Crippen LogP contribution >= 0.6 is 0 Å². The molecule has 0 heterocycles. The van der Waals surface area contributed by atoms with Crippen LogP contribution in [-0.2, 0) is 0 Å². The van der Waals surface area contributed by atoms with Crippen LogP contribution in [0, 0.1) is 6.92 Å². The lowest BCUT2D eigenvalue weighted by Gasteiger charge is -2.20. The Labute approximate surface area is 96.3 Å². The van der Waals surface area contributed by atoms with E-state index in [1.54, 1.807) is 0 Å². The first-order valence-electron chi connectivity index (χ1n) is 5.33. The van der Waals surface area contributed by atoms with Gasteiger partial charge in [0.25, 0.3) is 0 Å². The standard InChI is InChI=1S/C14H16N2/c1-11-4-3-5-14(10-11)16(2)13-8-6-12(15)7-9-13/h3-10H,15H2,1-2H3. The van der Waals surface area contributed by atoms with Crippen molar-refractivity contribution in [1.29, 1.82) is 0 Å². The summed E-state index contributed by atoms with van der Waals surface area (Å²) in [6.45, 7) is 2.10. The molecule has 0 amide bonds. The minimum Gasteiger partial charge on any atom is -0.399 e. The van der Waals surface area contributed by atoms with E-state index in [1.807, 2.05) is 24.3 Å². The Morgan fingerprint density at radius 1 is 0.938 bits per heavy atom. The molecule has 16 heavy (non-hydrogen) atoms. The summed E-state index contributed by atoms with van der Waals surface area (Å²) in [5, 5.41) is 0. The molecule has 0 bridgehead atoms. The third-order valence-corrected chi connectivity index (χ3v) is 2.67. The summed E-state index contributed by atoms with van der Waals surface area (Å²) in [5.41, 5.74) is 10.1. The van der Waals surface area contributed by atoms with Gasteiger partial charge in [-0.2, -0.15) is 0 Å². The number of nitrogens with zero attached hydrogens (tertiary/aromatic N) is 1. The SMILES string of the molecule is Cc1cccc(N(C)c2ccc(N)cc2)c1. The Balaban J connectivity index is 2.31. The summed E-state index contributed by atoms with van der Waals surface area (Å²) in [6.07, 6.45) is 0. The quantitative estimate of drug-likeness (QED) is 0.773. The van der Waals surface area contributed by atoms with Gasteiger partial charge in [0.2, 0.25) is 0 Å². The van der Waals surface area contributed by atoms with Gasteiger partial charge in [0.1, 0.15) is 0 Å². The third-order valence-electron chi connectivity index (χ3n) is 2.67. The maximum Gasteiger partial charge on any atom is 0.0410 e. The number of hydrogen-bond acceptors (Lipinski definition) is 2. The van der Waals surface area contributed by atoms with Gasteiger partial charge in [-0.25, -0.2) is 0 Å². The fraction of sp³-hybridized carbons (Fsp3) is 0.143. The van der Waals surface area contributed by atoms with Gasteiger partial charge in [-0.05, 0) is 48.9 Å². The van der Waals surface area contributed by atoms with E-state index < -0.39 is 0 Å². The van der Waals surface area contributed by atoms with Gasteiger partial charge in [0.15, 0.2) is 0 Å². The maximum absolute atomic E-state index is 5.67. The van der Waals surface area contributed by atoms with Crippen LogP contribution < -0.4 is 10.6 Å². The zero-order valence-corrected chi connectivity index (χ0v) is 9.64. The lowest BCUT2D eigenvalue weighted by atomic mass is 10.2. The highest BCUT2D eigenvalue weighted by Crippen LogP contribution is 2.24. The monoisotopic (exact) mass is 212 g/mol. The highest BCUT2D eigenvalue weighted by Gasteiger charge is 2.02. The van der Waals surface area contributed by atoms with Crippen LogP contribution in [0.25, 0.3) is 0 Å². The van der Waals surface area contributed by atoms with Gasteiger partial charge in [-0.3, -0.25) is 0 Å². The topological polar surface area (TPSA) is 29.3 Å². The predicted molar refractivity (Wildman–Crippen MR) is 70.1 cm³/mol. The normalized spacial score (nSPS) is 10.1. The number of anilines is 3. The molecule has 2 N–H and O–H groups in total. The molecule has 0 spiro atoms. The van der Waals surface area contributed by atoms with E-state index in [-0.39, 0.29) is 0 Å². The van der Waals surface area contributed by atoms with Crippen LogP contribution in [0.15, 0.2) is 48.5 Å². The highest BCUT2D eigenvalue weighted by atomic mass is 15.1. The maximum atomic E-state index is 5.67. The molecule has 2 rings (SSSR count). The second-order valence-electron chi connectivity index (χ2n) is 3.99. The van der Waals surface area contributed by atoms with Crippen LogP contribution in [0.5, 0.6) is 0 Å². The van der Waals surface area contributed by atoms with E-state index in [0.717, 1.165) is 11.4 Å². The zero-order chi connectivity index (χ0) is 11.5. The highest BCUT2D eigenvalue weighted by molar-refractivity contribution is 5.64. The molecule has 2 heteroatoms. The minimum atomic E-state index is 0.793. The van der Waals surface area contributed by atoms with Crippen LogP contribution in [0.1, 0.15) is 5.56 Å². The fourth-order valence-corrected chi connectivity index (χ4v) is 1.68. The van der Waals surface area contributed by atoms with Gasteiger partial charge >= 0.3 is 0 Å². The summed E-state index contributed by atoms with van der Waals surface area (Å²) in [5.74, 6) is 0. The van der Waals surface area contributed by atoms with E-state index in [2.05, 4.69) is 43.1 Å². The molecule has 0 fully saturated rings. The molecule has 0 unspecified atom stereocenters. The van der Waals surface area contributed by atoms with Crippen molar-refractivity contribution in [3.63, 3.8) is 0 Å². The molecule has 0 atom stereocenters. The smallest absolute Gasteiger partial charge is 0.0410 e. The first-order chi connectivity index (χ1) is 7.66. The van der Waals surface area contributed by atoms with Crippen LogP contribution in [0.4, 0.5) is 17.1 Å². The first kappa shape index (κ1) is 10.6. The Bertz CT molecular complexity index is 474. The van der Waals surface area contributed by atoms with E-state index in [9.17, 15) is 0 Å². The molecule has 2 aromatic rings. The number of rotatable bonds is 2. The molecule has 0 aliphatic rings. The van der Waals surface area contributed by atoms with Crippen LogP contribution in [-0.4, -0.2) is 7.05 Å². The van der Waals surface area contributed by atoms with Crippen molar-refractivity contribution in [2.24, 2.45) is 0 Å². The molecule has 2 aromatic carbocycles. The molecular weight excluding hydrogens is 196 g/mol. The predicted octanol–water partition coefficient (Wildman–Crippen LogP) is 3.35.